The van der Waals surface area contributed by atoms with Crippen LogP contribution in [-0.4, -0.2) is 28.0 Å². The zero-order valence-corrected chi connectivity index (χ0v) is 8.51. The summed E-state index contributed by atoms with van der Waals surface area (Å²) in [5.74, 6) is 0. The van der Waals surface area contributed by atoms with E-state index in [4.69, 9.17) is 16.7 Å². The van der Waals surface area contributed by atoms with Crippen molar-refractivity contribution >= 4 is 17.3 Å². The molecule has 0 saturated carbocycles. The molecule has 0 amide bonds. The van der Waals surface area contributed by atoms with Gasteiger partial charge in [0.2, 0.25) is 0 Å². The molecule has 0 aromatic carbocycles. The second-order valence-electron chi connectivity index (χ2n) is 2.99. The second kappa shape index (κ2) is 4.97. The monoisotopic (exact) mass is 217 g/mol. The third-order valence-electron chi connectivity index (χ3n) is 1.67. The van der Waals surface area contributed by atoms with Crippen molar-refractivity contribution in [3.05, 3.63) is 21.6 Å². The average molecular weight is 218 g/mol. The number of nitrogens with one attached hydrogen (secondary N) is 2. The summed E-state index contributed by atoms with van der Waals surface area (Å²) in [6.07, 6.45) is 1.64. The Labute approximate surface area is 86.1 Å². The van der Waals surface area contributed by atoms with Gasteiger partial charge in [-0.15, -0.1) is 0 Å². The van der Waals surface area contributed by atoms with Gasteiger partial charge >= 0.3 is 0 Å². The van der Waals surface area contributed by atoms with E-state index in [1.165, 1.54) is 6.20 Å². The summed E-state index contributed by atoms with van der Waals surface area (Å²) in [7, 11) is 0. The van der Waals surface area contributed by atoms with Crippen molar-refractivity contribution in [3.63, 3.8) is 0 Å². The summed E-state index contributed by atoms with van der Waals surface area (Å²) in [5, 5.41) is 17.8. The average Bonchev–Trinajstić information content (AvgIpc) is 2.12. The summed E-state index contributed by atoms with van der Waals surface area (Å²) in [4.78, 5) is 11.0. The first-order chi connectivity index (χ1) is 6.61. The molecule has 1 unspecified atom stereocenters. The van der Waals surface area contributed by atoms with E-state index in [1.807, 2.05) is 0 Å². The van der Waals surface area contributed by atoms with Crippen LogP contribution in [0.3, 0.4) is 0 Å². The zero-order valence-electron chi connectivity index (χ0n) is 7.75. The number of rotatable bonds is 4. The minimum atomic E-state index is -0.422. The van der Waals surface area contributed by atoms with Crippen LogP contribution in [0.25, 0.3) is 0 Å². The van der Waals surface area contributed by atoms with Crippen molar-refractivity contribution in [2.24, 2.45) is 0 Å². The highest BCUT2D eigenvalue weighted by molar-refractivity contribution is 6.32. The van der Waals surface area contributed by atoms with Gasteiger partial charge in [0.15, 0.2) is 0 Å². The van der Waals surface area contributed by atoms with Crippen molar-refractivity contribution in [1.82, 2.24) is 10.2 Å². The number of nitrogens with zero attached hydrogens (tertiary/aromatic N) is 1. The van der Waals surface area contributed by atoms with Gasteiger partial charge in [0.05, 0.1) is 18.0 Å². The first-order valence-electron chi connectivity index (χ1n) is 4.26. The van der Waals surface area contributed by atoms with Gasteiger partial charge in [-0.1, -0.05) is 11.6 Å². The van der Waals surface area contributed by atoms with Crippen LogP contribution in [0.5, 0.6) is 0 Å². The van der Waals surface area contributed by atoms with E-state index in [-0.39, 0.29) is 11.1 Å². The van der Waals surface area contributed by atoms with Gasteiger partial charge in [-0.05, 0) is 13.3 Å². The number of hydrogen-bond donors (Lipinski definition) is 3. The molecule has 1 atom stereocenters. The van der Waals surface area contributed by atoms with Crippen LogP contribution in [0, 0.1) is 0 Å². The molecule has 0 bridgehead atoms. The topological polar surface area (TPSA) is 78.0 Å². The molecule has 3 N–H and O–H groups in total. The molecule has 6 heteroatoms. The molecule has 0 fully saturated rings. The Balaban J connectivity index is 2.59. The van der Waals surface area contributed by atoms with Gasteiger partial charge in [-0.25, -0.2) is 5.10 Å². The maximum absolute atomic E-state index is 11.0. The summed E-state index contributed by atoms with van der Waals surface area (Å²) >= 11 is 5.70. The van der Waals surface area contributed by atoms with Crippen molar-refractivity contribution in [3.8, 4) is 0 Å². The fraction of sp³-hybridized carbons (Fsp3) is 0.500. The van der Waals surface area contributed by atoms with Crippen LogP contribution in [0.2, 0.25) is 5.02 Å². The number of H-pyrrole nitrogens is 1. The fourth-order valence-corrected chi connectivity index (χ4v) is 1.08. The fourth-order valence-electron chi connectivity index (χ4n) is 0.922. The molecule has 1 rings (SSSR count). The number of hydrogen-bond acceptors (Lipinski definition) is 4. The molecule has 1 heterocycles. The summed E-state index contributed by atoms with van der Waals surface area (Å²) < 4.78 is 0. The molecular weight excluding hydrogens is 206 g/mol. The SMILES string of the molecule is CC(O)CCNc1cn[nH]c(=O)c1Cl. The highest BCUT2D eigenvalue weighted by Crippen LogP contribution is 2.13. The summed E-state index contributed by atoms with van der Waals surface area (Å²) in [6.45, 7) is 2.24. The predicted octanol–water partition coefficient (Wildman–Crippen LogP) is 0.606. The molecule has 5 nitrogen and oxygen atoms in total. The highest BCUT2D eigenvalue weighted by atomic mass is 35.5. The largest absolute Gasteiger partial charge is 0.393 e. The lowest BCUT2D eigenvalue weighted by atomic mass is 10.3. The maximum Gasteiger partial charge on any atom is 0.285 e. The van der Waals surface area contributed by atoms with Gasteiger partial charge in [0.1, 0.15) is 5.02 Å². The van der Waals surface area contributed by atoms with Crippen LogP contribution in [-0.2, 0) is 0 Å². The summed E-state index contributed by atoms with van der Waals surface area (Å²) in [6, 6.07) is 0. The molecule has 14 heavy (non-hydrogen) atoms. The first kappa shape index (κ1) is 11.0. The van der Waals surface area contributed by atoms with Gasteiger partial charge in [0.25, 0.3) is 5.56 Å². The molecule has 0 aliphatic rings. The predicted molar refractivity (Wildman–Crippen MR) is 54.7 cm³/mol. The van der Waals surface area contributed by atoms with Crippen LogP contribution < -0.4 is 10.9 Å². The third kappa shape index (κ3) is 3.01. The zero-order chi connectivity index (χ0) is 10.6. The van der Waals surface area contributed by atoms with Crippen molar-refractivity contribution in [1.29, 1.82) is 0 Å². The highest BCUT2D eigenvalue weighted by Gasteiger charge is 2.04. The van der Waals surface area contributed by atoms with Crippen molar-refractivity contribution < 1.29 is 5.11 Å². The van der Waals surface area contributed by atoms with E-state index in [0.717, 1.165) is 0 Å². The number of aliphatic hydroxyl groups excluding tert-OH is 1. The number of aliphatic hydroxyl groups is 1. The van der Waals surface area contributed by atoms with Crippen LogP contribution in [0.4, 0.5) is 5.69 Å². The Morgan fingerprint density at radius 3 is 3.14 bits per heavy atom. The third-order valence-corrected chi connectivity index (χ3v) is 2.05. The molecule has 1 aromatic heterocycles. The van der Waals surface area contributed by atoms with Crippen molar-refractivity contribution in [2.75, 3.05) is 11.9 Å². The molecule has 1 aromatic rings. The van der Waals surface area contributed by atoms with Gasteiger partial charge in [-0.3, -0.25) is 4.79 Å². The smallest absolute Gasteiger partial charge is 0.285 e. The molecule has 0 aliphatic heterocycles. The van der Waals surface area contributed by atoms with E-state index in [0.29, 0.717) is 18.7 Å². The lowest BCUT2D eigenvalue weighted by molar-refractivity contribution is 0.189. The van der Waals surface area contributed by atoms with E-state index in [9.17, 15) is 4.79 Å². The number of aromatic amines is 1. The first-order valence-corrected chi connectivity index (χ1v) is 4.64. The minimum absolute atomic E-state index is 0.0885. The molecule has 0 radical (unpaired) electrons. The van der Waals surface area contributed by atoms with E-state index in [2.05, 4.69) is 15.5 Å². The normalized spacial score (nSPS) is 12.5. The molecular formula is C8H12ClN3O2. The Morgan fingerprint density at radius 2 is 2.50 bits per heavy atom. The Bertz CT molecular complexity index is 351. The van der Waals surface area contributed by atoms with Gasteiger partial charge < -0.3 is 10.4 Å². The van der Waals surface area contributed by atoms with E-state index < -0.39 is 5.56 Å². The number of aromatic nitrogens is 2. The Kier molecular flexibility index (Phi) is 3.91. The van der Waals surface area contributed by atoms with Crippen LogP contribution in [0.15, 0.2) is 11.0 Å². The second-order valence-corrected chi connectivity index (χ2v) is 3.37. The quantitative estimate of drug-likeness (QED) is 0.691. The molecule has 0 aliphatic carbocycles. The Hall–Kier alpha value is -1.07. The maximum atomic E-state index is 11.0. The minimum Gasteiger partial charge on any atom is -0.393 e. The molecule has 78 valence electrons. The number of halogens is 1. The van der Waals surface area contributed by atoms with Crippen LogP contribution >= 0.6 is 11.6 Å². The van der Waals surface area contributed by atoms with Gasteiger partial charge in [-0.2, -0.15) is 5.10 Å². The lowest BCUT2D eigenvalue weighted by Crippen LogP contribution is -2.14. The Morgan fingerprint density at radius 1 is 1.79 bits per heavy atom. The van der Waals surface area contributed by atoms with Crippen molar-refractivity contribution in [2.45, 2.75) is 19.4 Å². The summed E-state index contributed by atoms with van der Waals surface area (Å²) in [5.41, 5.74) is 0.0600. The van der Waals surface area contributed by atoms with Crippen LogP contribution in [0.1, 0.15) is 13.3 Å². The van der Waals surface area contributed by atoms with Gasteiger partial charge in [0, 0.05) is 6.54 Å². The molecule has 0 spiro atoms. The van der Waals surface area contributed by atoms with E-state index >= 15 is 0 Å². The number of anilines is 1. The standard InChI is InChI=1S/C8H12ClN3O2/c1-5(13)2-3-10-6-4-11-12-8(14)7(6)9/h4-5,13H,2-3H2,1H3,(H2,10,12,14). The molecule has 0 saturated heterocycles. The van der Waals surface area contributed by atoms with E-state index in [1.54, 1.807) is 6.92 Å². The lowest BCUT2D eigenvalue weighted by Gasteiger charge is -2.07.